The summed E-state index contributed by atoms with van der Waals surface area (Å²) in [5.74, 6) is 0.229. The van der Waals surface area contributed by atoms with Crippen LogP contribution in [0.1, 0.15) is 27.8 Å². The number of benzene rings is 1. The van der Waals surface area contributed by atoms with E-state index in [9.17, 15) is 4.79 Å². The van der Waals surface area contributed by atoms with E-state index in [0.29, 0.717) is 22.9 Å². The Morgan fingerprint density at radius 1 is 1.50 bits per heavy atom. The quantitative estimate of drug-likeness (QED) is 0.921. The number of carbonyl (C=O) groups is 1. The third kappa shape index (κ3) is 3.18. The largest absolute Gasteiger partial charge is 0.375 e. The Balaban J connectivity index is 2.03. The molecule has 0 aliphatic carbocycles. The van der Waals surface area contributed by atoms with Crippen molar-refractivity contribution < 1.29 is 14.1 Å². The highest BCUT2D eigenvalue weighted by Gasteiger charge is 2.17. The fourth-order valence-corrected chi connectivity index (χ4v) is 2.11. The number of hydrogen-bond acceptors (Lipinski definition) is 4. The molecule has 0 aliphatic heterocycles. The molecule has 5 nitrogen and oxygen atoms in total. The van der Waals surface area contributed by atoms with E-state index in [-0.39, 0.29) is 12.0 Å². The van der Waals surface area contributed by atoms with E-state index in [1.165, 1.54) is 6.20 Å². The van der Waals surface area contributed by atoms with E-state index >= 15 is 0 Å². The maximum absolute atomic E-state index is 12.0. The highest BCUT2D eigenvalue weighted by Crippen LogP contribution is 2.24. The van der Waals surface area contributed by atoms with Gasteiger partial charge in [-0.25, -0.2) is 0 Å². The van der Waals surface area contributed by atoms with Gasteiger partial charge in [0.25, 0.3) is 5.91 Å². The molecule has 20 heavy (non-hydrogen) atoms. The molecule has 2 aromatic rings. The predicted molar refractivity (Wildman–Crippen MR) is 74.8 cm³/mol. The lowest BCUT2D eigenvalue weighted by atomic mass is 10.1. The first-order chi connectivity index (χ1) is 9.63. The van der Waals surface area contributed by atoms with Gasteiger partial charge >= 0.3 is 0 Å². The first kappa shape index (κ1) is 14.6. The lowest BCUT2D eigenvalue weighted by Gasteiger charge is -2.17. The third-order valence-corrected chi connectivity index (χ3v) is 3.32. The van der Waals surface area contributed by atoms with Gasteiger partial charge in [-0.2, -0.15) is 0 Å². The second-order valence-electron chi connectivity index (χ2n) is 4.25. The van der Waals surface area contributed by atoms with Gasteiger partial charge in [-0.1, -0.05) is 35.0 Å². The van der Waals surface area contributed by atoms with Gasteiger partial charge in [-0.05, 0) is 13.0 Å². The molecule has 1 aromatic heterocycles. The van der Waals surface area contributed by atoms with Gasteiger partial charge in [0.15, 0.2) is 0 Å². The fraction of sp³-hybridized carbons (Fsp3) is 0.286. The average molecular weight is 295 g/mol. The third-order valence-electron chi connectivity index (χ3n) is 2.98. The summed E-state index contributed by atoms with van der Waals surface area (Å²) in [6.45, 7) is 1.99. The molecule has 1 atom stereocenters. The molecule has 0 saturated heterocycles. The minimum atomic E-state index is -0.312. The molecule has 106 valence electrons. The minimum Gasteiger partial charge on any atom is -0.375 e. The SMILES string of the molecule is CO[C@H](CNC(=O)c1cnoc1C)c1ccccc1Cl. The molecule has 0 saturated carbocycles. The smallest absolute Gasteiger partial charge is 0.256 e. The first-order valence-electron chi connectivity index (χ1n) is 6.10. The van der Waals surface area contributed by atoms with Crippen LogP contribution in [0.3, 0.4) is 0 Å². The van der Waals surface area contributed by atoms with Crippen molar-refractivity contribution in [2.75, 3.05) is 13.7 Å². The van der Waals surface area contributed by atoms with Crippen LogP contribution in [0.25, 0.3) is 0 Å². The molecular formula is C14H15ClN2O3. The van der Waals surface area contributed by atoms with Crippen LogP contribution < -0.4 is 5.32 Å². The van der Waals surface area contributed by atoms with E-state index in [1.54, 1.807) is 20.1 Å². The summed E-state index contributed by atoms with van der Waals surface area (Å²) in [6, 6.07) is 7.37. The minimum absolute atomic E-state index is 0.252. The van der Waals surface area contributed by atoms with Crippen LogP contribution in [0, 0.1) is 6.92 Å². The topological polar surface area (TPSA) is 64.4 Å². The lowest BCUT2D eigenvalue weighted by Crippen LogP contribution is -2.29. The van der Waals surface area contributed by atoms with Gasteiger partial charge in [0.2, 0.25) is 0 Å². The zero-order valence-corrected chi connectivity index (χ0v) is 12.0. The number of carbonyl (C=O) groups excluding carboxylic acids is 1. The van der Waals surface area contributed by atoms with E-state index in [1.807, 2.05) is 18.2 Å². The molecule has 1 aromatic carbocycles. The van der Waals surface area contributed by atoms with Gasteiger partial charge in [-0.15, -0.1) is 0 Å². The number of nitrogens with zero attached hydrogens (tertiary/aromatic N) is 1. The maximum atomic E-state index is 12.0. The molecule has 0 unspecified atom stereocenters. The van der Waals surface area contributed by atoms with Gasteiger partial charge in [0, 0.05) is 24.2 Å². The number of nitrogens with one attached hydrogen (secondary N) is 1. The van der Waals surface area contributed by atoms with E-state index < -0.39 is 0 Å². The lowest BCUT2D eigenvalue weighted by molar-refractivity contribution is 0.0827. The molecule has 1 heterocycles. The number of methoxy groups -OCH3 is 1. The molecule has 0 radical (unpaired) electrons. The van der Waals surface area contributed by atoms with E-state index in [4.69, 9.17) is 20.9 Å². The monoisotopic (exact) mass is 294 g/mol. The van der Waals surface area contributed by atoms with Crippen molar-refractivity contribution in [3.63, 3.8) is 0 Å². The molecule has 1 amide bonds. The first-order valence-corrected chi connectivity index (χ1v) is 6.48. The Morgan fingerprint density at radius 2 is 2.25 bits per heavy atom. The van der Waals surface area contributed by atoms with Crippen molar-refractivity contribution in [2.45, 2.75) is 13.0 Å². The summed E-state index contributed by atoms with van der Waals surface area (Å²) in [7, 11) is 1.57. The summed E-state index contributed by atoms with van der Waals surface area (Å²) in [6.07, 6.45) is 1.08. The second-order valence-corrected chi connectivity index (χ2v) is 4.66. The summed E-state index contributed by atoms with van der Waals surface area (Å²) in [4.78, 5) is 12.0. The van der Waals surface area contributed by atoms with E-state index in [2.05, 4.69) is 10.5 Å². The maximum Gasteiger partial charge on any atom is 0.256 e. The molecule has 2 rings (SSSR count). The number of ether oxygens (including phenoxy) is 1. The van der Waals surface area contributed by atoms with Gasteiger partial charge in [0.05, 0.1) is 6.20 Å². The highest BCUT2D eigenvalue weighted by atomic mass is 35.5. The normalized spacial score (nSPS) is 12.2. The summed E-state index contributed by atoms with van der Waals surface area (Å²) in [5.41, 5.74) is 1.25. The van der Waals surface area contributed by atoms with Gasteiger partial charge in [-0.3, -0.25) is 4.79 Å². The number of rotatable bonds is 5. The molecule has 0 fully saturated rings. The average Bonchev–Trinajstić information content (AvgIpc) is 2.87. The van der Waals surface area contributed by atoms with Crippen LogP contribution in [-0.4, -0.2) is 24.7 Å². The Hall–Kier alpha value is -1.85. The Labute approximate surface area is 121 Å². The zero-order valence-electron chi connectivity index (χ0n) is 11.2. The molecule has 0 spiro atoms. The molecule has 1 N–H and O–H groups in total. The number of halogens is 1. The van der Waals surface area contributed by atoms with Crippen molar-refractivity contribution >= 4 is 17.5 Å². The Bertz CT molecular complexity index is 598. The van der Waals surface area contributed by atoms with Crippen molar-refractivity contribution in [3.05, 3.63) is 52.4 Å². The zero-order chi connectivity index (χ0) is 14.5. The number of hydrogen-bond donors (Lipinski definition) is 1. The summed E-state index contributed by atoms with van der Waals surface area (Å²) in [5, 5.41) is 6.96. The van der Waals surface area contributed by atoms with E-state index in [0.717, 1.165) is 5.56 Å². The van der Waals surface area contributed by atoms with Crippen molar-refractivity contribution in [3.8, 4) is 0 Å². The van der Waals surface area contributed by atoms with Crippen LogP contribution in [0.4, 0.5) is 0 Å². The summed E-state index contributed by atoms with van der Waals surface area (Å²) >= 11 is 6.12. The van der Waals surface area contributed by atoms with Crippen molar-refractivity contribution in [1.29, 1.82) is 0 Å². The predicted octanol–water partition coefficient (Wildman–Crippen LogP) is 2.75. The van der Waals surface area contributed by atoms with Crippen LogP contribution in [0.2, 0.25) is 5.02 Å². The number of amides is 1. The standard InChI is InChI=1S/C14H15ClN2O3/c1-9-11(7-17-20-9)14(18)16-8-13(19-2)10-5-3-4-6-12(10)15/h3-7,13H,8H2,1-2H3,(H,16,18)/t13-/m1/s1. The second kappa shape index (κ2) is 6.54. The highest BCUT2D eigenvalue weighted by molar-refractivity contribution is 6.31. The number of aryl methyl sites for hydroxylation is 1. The van der Waals surface area contributed by atoms with Gasteiger partial charge < -0.3 is 14.6 Å². The van der Waals surface area contributed by atoms with Crippen LogP contribution in [0.15, 0.2) is 35.0 Å². The molecule has 0 bridgehead atoms. The Kier molecular flexibility index (Phi) is 4.76. The summed E-state index contributed by atoms with van der Waals surface area (Å²) < 4.78 is 10.2. The van der Waals surface area contributed by atoms with Gasteiger partial charge in [0.1, 0.15) is 17.4 Å². The van der Waals surface area contributed by atoms with Crippen LogP contribution in [0.5, 0.6) is 0 Å². The van der Waals surface area contributed by atoms with Crippen LogP contribution >= 0.6 is 11.6 Å². The number of aromatic nitrogens is 1. The molecular weight excluding hydrogens is 280 g/mol. The molecule has 6 heteroatoms. The van der Waals surface area contributed by atoms with Crippen molar-refractivity contribution in [1.82, 2.24) is 10.5 Å². The fourth-order valence-electron chi connectivity index (χ4n) is 1.85. The van der Waals surface area contributed by atoms with Crippen molar-refractivity contribution in [2.24, 2.45) is 0 Å². The van der Waals surface area contributed by atoms with Crippen LogP contribution in [-0.2, 0) is 4.74 Å². The Morgan fingerprint density at radius 3 is 2.85 bits per heavy atom. The molecule has 0 aliphatic rings.